The lowest BCUT2D eigenvalue weighted by atomic mass is 10.0. The molecule has 0 aliphatic carbocycles. The maximum absolute atomic E-state index is 14.1. The maximum atomic E-state index is 14.1. The second-order valence-corrected chi connectivity index (χ2v) is 12.8. The molecule has 8 nitrogen and oxygen atoms in total. The highest BCUT2D eigenvalue weighted by atomic mass is 35.5. The smallest absolute Gasteiger partial charge is 0.304 e. The fourth-order valence-electron chi connectivity index (χ4n) is 4.09. The van der Waals surface area contributed by atoms with Gasteiger partial charge in [-0.3, -0.25) is 9.59 Å². The predicted molar refractivity (Wildman–Crippen MR) is 161 cm³/mol. The van der Waals surface area contributed by atoms with Gasteiger partial charge in [-0.15, -0.1) is 0 Å². The van der Waals surface area contributed by atoms with Gasteiger partial charge < -0.3 is 10.2 Å². The van der Waals surface area contributed by atoms with Gasteiger partial charge in [-0.25, -0.2) is 8.70 Å². The molecule has 2 amide bonds. The lowest BCUT2D eigenvalue weighted by molar-refractivity contribution is -0.140. The van der Waals surface area contributed by atoms with Crippen molar-refractivity contribution in [3.05, 3.63) is 99.8 Å². The van der Waals surface area contributed by atoms with E-state index in [0.29, 0.717) is 10.6 Å². The number of halogens is 3. The largest absolute Gasteiger partial charge is 0.352 e. The lowest BCUT2D eigenvalue weighted by Crippen LogP contribution is -2.55. The van der Waals surface area contributed by atoms with Crippen molar-refractivity contribution in [2.45, 2.75) is 38.9 Å². The molecule has 0 aromatic heterocycles. The van der Waals surface area contributed by atoms with Crippen molar-refractivity contribution in [2.75, 3.05) is 24.9 Å². The summed E-state index contributed by atoms with van der Waals surface area (Å²) < 4.78 is 42.2. The van der Waals surface area contributed by atoms with Crippen molar-refractivity contribution >= 4 is 50.9 Å². The van der Waals surface area contributed by atoms with Crippen molar-refractivity contribution in [2.24, 2.45) is 0 Å². The van der Waals surface area contributed by atoms with Gasteiger partial charge in [0, 0.05) is 33.1 Å². The summed E-state index contributed by atoms with van der Waals surface area (Å²) in [7, 11) is -1.52. The quantitative estimate of drug-likeness (QED) is 0.311. The number of anilines is 1. The summed E-state index contributed by atoms with van der Waals surface area (Å²) in [6.45, 7) is 2.91. The zero-order valence-corrected chi connectivity index (χ0v) is 25.5. The molecule has 3 aromatic rings. The van der Waals surface area contributed by atoms with E-state index in [4.69, 9.17) is 23.2 Å². The van der Waals surface area contributed by atoms with E-state index in [1.807, 2.05) is 44.2 Å². The first-order chi connectivity index (χ1) is 19.3. The monoisotopic (exact) mass is 622 g/mol. The second kappa shape index (κ2) is 14.1. The summed E-state index contributed by atoms with van der Waals surface area (Å²) >= 11 is 12.4. The van der Waals surface area contributed by atoms with Crippen LogP contribution in [0, 0.1) is 5.82 Å². The number of rotatable bonds is 12. The van der Waals surface area contributed by atoms with E-state index in [0.717, 1.165) is 26.3 Å². The highest BCUT2D eigenvalue weighted by molar-refractivity contribution is 7.90. The first-order valence-electron chi connectivity index (χ1n) is 12.8. The van der Waals surface area contributed by atoms with Gasteiger partial charge in [0.05, 0.1) is 15.7 Å². The molecule has 0 heterocycles. The minimum Gasteiger partial charge on any atom is -0.352 e. The van der Waals surface area contributed by atoms with Gasteiger partial charge in [-0.05, 0) is 61.4 Å². The molecule has 220 valence electrons. The SMILES string of the molecule is CC(C)NC(=O)[C@@H](Cc1ccccc1)N(Cc1ccc(Cl)c(Cl)c1)C(=O)CN(c1ccc(F)cc1)S(=O)(=O)N(C)C. The molecule has 3 rings (SSSR count). The zero-order valence-electron chi connectivity index (χ0n) is 23.2. The molecule has 0 fully saturated rings. The first-order valence-corrected chi connectivity index (χ1v) is 15.0. The van der Waals surface area contributed by atoms with Crippen LogP contribution in [-0.4, -0.2) is 62.2 Å². The van der Waals surface area contributed by atoms with Gasteiger partial charge in [-0.2, -0.15) is 12.7 Å². The number of hydrogen-bond acceptors (Lipinski definition) is 4. The predicted octanol–water partition coefficient (Wildman–Crippen LogP) is 4.91. The van der Waals surface area contributed by atoms with Crippen LogP contribution in [0.1, 0.15) is 25.0 Å². The van der Waals surface area contributed by atoms with Crippen molar-refractivity contribution in [3.8, 4) is 0 Å². The molecule has 0 bridgehead atoms. The van der Waals surface area contributed by atoms with E-state index >= 15 is 0 Å². The Bertz CT molecular complexity index is 1460. The molecule has 0 saturated carbocycles. The summed E-state index contributed by atoms with van der Waals surface area (Å²) in [6, 6.07) is 17.6. The van der Waals surface area contributed by atoms with E-state index in [2.05, 4.69) is 5.32 Å². The van der Waals surface area contributed by atoms with Crippen LogP contribution in [0.4, 0.5) is 10.1 Å². The minimum absolute atomic E-state index is 0.0575. The van der Waals surface area contributed by atoms with E-state index in [-0.39, 0.29) is 29.7 Å². The van der Waals surface area contributed by atoms with Crippen molar-refractivity contribution in [3.63, 3.8) is 0 Å². The molecule has 0 unspecified atom stereocenters. The van der Waals surface area contributed by atoms with Crippen molar-refractivity contribution in [1.29, 1.82) is 0 Å². The van der Waals surface area contributed by atoms with Crippen molar-refractivity contribution < 1.29 is 22.4 Å². The van der Waals surface area contributed by atoms with E-state index in [1.54, 1.807) is 18.2 Å². The van der Waals surface area contributed by atoms with E-state index < -0.39 is 40.4 Å². The molecule has 0 aliphatic heterocycles. The van der Waals surface area contributed by atoms with Gasteiger partial charge in [0.2, 0.25) is 11.8 Å². The molecular weight excluding hydrogens is 590 g/mol. The number of carbonyl (C=O) groups excluding carboxylic acids is 2. The first kappa shape index (κ1) is 32.3. The number of carbonyl (C=O) groups is 2. The third-order valence-corrected chi connectivity index (χ3v) is 8.73. The Morgan fingerprint density at radius 3 is 2.10 bits per heavy atom. The average Bonchev–Trinajstić information content (AvgIpc) is 2.91. The molecule has 1 N–H and O–H groups in total. The molecule has 0 spiro atoms. The molecule has 0 saturated heterocycles. The van der Waals surface area contributed by atoms with Gasteiger partial charge in [-0.1, -0.05) is 59.6 Å². The Morgan fingerprint density at radius 1 is 0.902 bits per heavy atom. The summed E-state index contributed by atoms with van der Waals surface area (Å²) in [6.07, 6.45) is 0.170. The maximum Gasteiger partial charge on any atom is 0.304 e. The van der Waals surface area contributed by atoms with E-state index in [9.17, 15) is 22.4 Å². The van der Waals surface area contributed by atoms with Crippen LogP contribution in [0.5, 0.6) is 0 Å². The number of amides is 2. The molecule has 41 heavy (non-hydrogen) atoms. The lowest BCUT2D eigenvalue weighted by Gasteiger charge is -2.34. The van der Waals surface area contributed by atoms with Gasteiger partial charge in [0.25, 0.3) is 0 Å². The fraction of sp³-hybridized carbons (Fsp3) is 0.310. The third-order valence-electron chi connectivity index (χ3n) is 6.17. The minimum atomic E-state index is -4.18. The van der Waals surface area contributed by atoms with Gasteiger partial charge in [0.15, 0.2) is 0 Å². The Hall–Kier alpha value is -3.18. The number of nitrogens with one attached hydrogen (secondary N) is 1. The Balaban J connectivity index is 2.11. The van der Waals surface area contributed by atoms with Crippen molar-refractivity contribution in [1.82, 2.24) is 14.5 Å². The highest BCUT2D eigenvalue weighted by Gasteiger charge is 2.35. The number of hydrogen-bond donors (Lipinski definition) is 1. The topological polar surface area (TPSA) is 90.0 Å². The van der Waals surface area contributed by atoms with Crippen LogP contribution < -0.4 is 9.62 Å². The number of benzene rings is 3. The molecule has 1 atom stereocenters. The molecule has 0 aliphatic rings. The standard InChI is InChI=1S/C29H33Cl2FN4O4S/c1-20(2)33-29(38)27(17-21-8-6-5-7-9-21)35(18-22-10-15-25(30)26(31)16-22)28(37)19-36(41(39,40)34(3)4)24-13-11-23(32)12-14-24/h5-16,20,27H,17-19H2,1-4H3,(H,33,38)/t27-/m1/s1. The molecule has 12 heteroatoms. The molecular formula is C29H33Cl2FN4O4S. The number of nitrogens with zero attached hydrogens (tertiary/aromatic N) is 3. The average molecular weight is 624 g/mol. The van der Waals surface area contributed by atoms with Crippen LogP contribution in [0.15, 0.2) is 72.8 Å². The summed E-state index contributed by atoms with van der Waals surface area (Å²) in [5.41, 5.74) is 1.49. The van der Waals surface area contributed by atoms with Crippen LogP contribution in [-0.2, 0) is 32.8 Å². The Morgan fingerprint density at radius 2 is 1.54 bits per heavy atom. The van der Waals surface area contributed by atoms with Gasteiger partial charge in [0.1, 0.15) is 18.4 Å². The Labute approximate surface area is 250 Å². The highest BCUT2D eigenvalue weighted by Crippen LogP contribution is 2.26. The summed E-state index contributed by atoms with van der Waals surface area (Å²) in [5.74, 6) is -1.61. The summed E-state index contributed by atoms with van der Waals surface area (Å²) in [5, 5.41) is 3.48. The Kier molecular flexibility index (Phi) is 11.1. The molecule has 0 radical (unpaired) electrons. The van der Waals surface area contributed by atoms with Crippen LogP contribution in [0.3, 0.4) is 0 Å². The van der Waals surface area contributed by atoms with Crippen LogP contribution in [0.2, 0.25) is 10.0 Å². The normalized spacial score (nSPS) is 12.3. The van der Waals surface area contributed by atoms with Gasteiger partial charge >= 0.3 is 10.2 Å². The van der Waals surface area contributed by atoms with E-state index in [1.165, 1.54) is 31.1 Å². The third kappa shape index (κ3) is 8.65. The fourth-order valence-corrected chi connectivity index (χ4v) is 5.47. The summed E-state index contributed by atoms with van der Waals surface area (Å²) in [4.78, 5) is 29.0. The second-order valence-electron chi connectivity index (χ2n) is 9.91. The van der Waals surface area contributed by atoms with Crippen LogP contribution in [0.25, 0.3) is 0 Å². The molecule has 3 aromatic carbocycles. The zero-order chi connectivity index (χ0) is 30.3. The van der Waals surface area contributed by atoms with Crippen LogP contribution >= 0.6 is 23.2 Å².